The van der Waals surface area contributed by atoms with Crippen molar-refractivity contribution in [3.05, 3.63) is 29.8 Å². The molecule has 1 aliphatic heterocycles. The summed E-state index contributed by atoms with van der Waals surface area (Å²) in [4.78, 5) is 4.08. The normalized spacial score (nSPS) is 23.1. The first-order chi connectivity index (χ1) is 8.11. The number of methoxy groups -OCH3 is 1. The Morgan fingerprint density at radius 3 is 2.65 bits per heavy atom. The smallest absolute Gasteiger partial charge is 0.282 e. The van der Waals surface area contributed by atoms with E-state index in [1.54, 1.807) is 7.11 Å². The Balaban J connectivity index is 1.89. The van der Waals surface area contributed by atoms with Gasteiger partial charge in [0, 0.05) is 0 Å². The Labute approximate surface area is 101 Å². The van der Waals surface area contributed by atoms with Crippen LogP contribution in [-0.2, 0) is 11.2 Å². The molecule has 0 aromatic heterocycles. The van der Waals surface area contributed by atoms with Gasteiger partial charge < -0.3 is 15.2 Å². The number of benzene rings is 1. The minimum absolute atomic E-state index is 0.246. The highest BCUT2D eigenvalue weighted by Gasteiger charge is 2.31. The summed E-state index contributed by atoms with van der Waals surface area (Å²) < 4.78 is 10.6. The molecule has 4 nitrogen and oxygen atoms in total. The van der Waals surface area contributed by atoms with E-state index >= 15 is 0 Å². The largest absolute Gasteiger partial charge is 0.497 e. The molecule has 1 atom stereocenters. The molecule has 0 aliphatic carbocycles. The first kappa shape index (κ1) is 11.8. The number of amidine groups is 1. The van der Waals surface area contributed by atoms with Crippen molar-refractivity contribution < 1.29 is 9.47 Å². The van der Waals surface area contributed by atoms with Gasteiger partial charge in [-0.1, -0.05) is 12.1 Å². The molecule has 0 spiro atoms. The lowest BCUT2D eigenvalue weighted by molar-refractivity contribution is 0.0968. The van der Waals surface area contributed by atoms with Gasteiger partial charge in [-0.2, -0.15) is 0 Å². The zero-order chi connectivity index (χ0) is 12.3. The van der Waals surface area contributed by atoms with Crippen molar-refractivity contribution in [2.75, 3.05) is 13.7 Å². The summed E-state index contributed by atoms with van der Waals surface area (Å²) in [6.45, 7) is 2.69. The van der Waals surface area contributed by atoms with Crippen molar-refractivity contribution in [2.24, 2.45) is 10.7 Å². The second-order valence-corrected chi connectivity index (χ2v) is 4.55. The summed E-state index contributed by atoms with van der Waals surface area (Å²) in [7, 11) is 1.67. The molecule has 0 radical (unpaired) electrons. The summed E-state index contributed by atoms with van der Waals surface area (Å²) in [5, 5.41) is 0. The van der Waals surface area contributed by atoms with E-state index in [4.69, 9.17) is 15.2 Å². The van der Waals surface area contributed by atoms with E-state index in [0.29, 0.717) is 12.6 Å². The van der Waals surface area contributed by atoms with Gasteiger partial charge in [0.15, 0.2) is 0 Å². The van der Waals surface area contributed by atoms with Crippen LogP contribution in [0.25, 0.3) is 0 Å². The Kier molecular flexibility index (Phi) is 3.22. The predicted molar refractivity (Wildman–Crippen MR) is 67.3 cm³/mol. The SMILES string of the molecule is COc1ccc(CCC2(C)CN=C(N)O2)cc1. The van der Waals surface area contributed by atoms with E-state index in [-0.39, 0.29) is 5.60 Å². The Hall–Kier alpha value is -1.71. The number of hydrogen-bond donors (Lipinski definition) is 1. The molecule has 2 rings (SSSR count). The van der Waals surface area contributed by atoms with Crippen LogP contribution >= 0.6 is 0 Å². The number of aryl methyl sites for hydroxylation is 1. The van der Waals surface area contributed by atoms with Crippen LogP contribution in [0.3, 0.4) is 0 Å². The lowest BCUT2D eigenvalue weighted by Gasteiger charge is -2.22. The molecule has 1 unspecified atom stereocenters. The van der Waals surface area contributed by atoms with Crippen molar-refractivity contribution >= 4 is 6.02 Å². The van der Waals surface area contributed by atoms with Gasteiger partial charge in [0.05, 0.1) is 13.7 Å². The molecule has 0 bridgehead atoms. The summed E-state index contributed by atoms with van der Waals surface area (Å²) in [6, 6.07) is 8.39. The third kappa shape index (κ3) is 2.90. The number of rotatable bonds is 4. The zero-order valence-electron chi connectivity index (χ0n) is 10.3. The first-order valence-electron chi connectivity index (χ1n) is 5.73. The van der Waals surface area contributed by atoms with Crippen LogP contribution < -0.4 is 10.5 Å². The first-order valence-corrected chi connectivity index (χ1v) is 5.73. The second kappa shape index (κ2) is 4.65. The molecule has 4 heteroatoms. The fourth-order valence-corrected chi connectivity index (χ4v) is 1.89. The maximum absolute atomic E-state index is 5.53. The van der Waals surface area contributed by atoms with Gasteiger partial charge in [-0.05, 0) is 37.5 Å². The molecule has 0 saturated carbocycles. The van der Waals surface area contributed by atoms with Gasteiger partial charge in [-0.15, -0.1) is 0 Å². The molecule has 1 aliphatic rings. The zero-order valence-corrected chi connectivity index (χ0v) is 10.3. The number of nitrogens with zero attached hydrogens (tertiary/aromatic N) is 1. The summed E-state index contributed by atoms with van der Waals surface area (Å²) in [6.07, 6.45) is 1.85. The van der Waals surface area contributed by atoms with Crippen LogP contribution in [0.2, 0.25) is 0 Å². The molecule has 0 fully saturated rings. The van der Waals surface area contributed by atoms with E-state index in [2.05, 4.69) is 17.1 Å². The highest BCUT2D eigenvalue weighted by molar-refractivity contribution is 5.73. The Morgan fingerprint density at radius 1 is 1.41 bits per heavy atom. The quantitative estimate of drug-likeness (QED) is 0.863. The molecule has 0 amide bonds. The average Bonchev–Trinajstić information content (AvgIpc) is 2.68. The Bertz CT molecular complexity index is 414. The number of aliphatic imine (C=N–C) groups is 1. The Morgan fingerprint density at radius 2 is 2.12 bits per heavy atom. The van der Waals surface area contributed by atoms with Crippen molar-refractivity contribution in [2.45, 2.75) is 25.4 Å². The summed E-state index contributed by atoms with van der Waals surface area (Å²) in [5.74, 6) is 0.879. The average molecular weight is 234 g/mol. The monoisotopic (exact) mass is 234 g/mol. The third-order valence-electron chi connectivity index (χ3n) is 3.02. The van der Waals surface area contributed by atoms with Gasteiger partial charge in [0.25, 0.3) is 6.02 Å². The van der Waals surface area contributed by atoms with Crippen molar-refractivity contribution in [1.82, 2.24) is 0 Å². The van der Waals surface area contributed by atoms with E-state index in [0.717, 1.165) is 18.6 Å². The van der Waals surface area contributed by atoms with Gasteiger partial charge in [-0.3, -0.25) is 0 Å². The number of ether oxygens (including phenoxy) is 2. The van der Waals surface area contributed by atoms with Gasteiger partial charge in [-0.25, -0.2) is 4.99 Å². The van der Waals surface area contributed by atoms with Crippen LogP contribution in [0, 0.1) is 0 Å². The molecule has 2 N–H and O–H groups in total. The van der Waals surface area contributed by atoms with Crippen molar-refractivity contribution in [1.29, 1.82) is 0 Å². The topological polar surface area (TPSA) is 56.8 Å². The number of hydrogen-bond acceptors (Lipinski definition) is 4. The number of nitrogens with two attached hydrogens (primary N) is 1. The van der Waals surface area contributed by atoms with Crippen LogP contribution in [0.5, 0.6) is 5.75 Å². The van der Waals surface area contributed by atoms with Gasteiger partial charge in [0.2, 0.25) is 0 Å². The fraction of sp³-hybridized carbons (Fsp3) is 0.462. The van der Waals surface area contributed by atoms with Crippen LogP contribution in [0.15, 0.2) is 29.3 Å². The van der Waals surface area contributed by atoms with E-state index in [9.17, 15) is 0 Å². The molecule has 1 aromatic rings. The lowest BCUT2D eigenvalue weighted by atomic mass is 9.97. The highest BCUT2D eigenvalue weighted by atomic mass is 16.5. The van der Waals surface area contributed by atoms with Crippen LogP contribution in [-0.4, -0.2) is 25.3 Å². The lowest BCUT2D eigenvalue weighted by Crippen LogP contribution is -2.31. The fourth-order valence-electron chi connectivity index (χ4n) is 1.89. The minimum Gasteiger partial charge on any atom is -0.497 e. The highest BCUT2D eigenvalue weighted by Crippen LogP contribution is 2.23. The van der Waals surface area contributed by atoms with Crippen LogP contribution in [0.4, 0.5) is 0 Å². The van der Waals surface area contributed by atoms with Gasteiger partial charge >= 0.3 is 0 Å². The standard InChI is InChI=1S/C13H18N2O2/c1-13(9-15-12(14)17-13)8-7-10-3-5-11(16-2)6-4-10/h3-6H,7-9H2,1-2H3,(H2,14,15). The maximum Gasteiger partial charge on any atom is 0.282 e. The molecule has 1 heterocycles. The second-order valence-electron chi connectivity index (χ2n) is 4.55. The predicted octanol–water partition coefficient (Wildman–Crippen LogP) is 1.73. The molecule has 17 heavy (non-hydrogen) atoms. The molecule has 0 saturated heterocycles. The van der Waals surface area contributed by atoms with Gasteiger partial charge in [0.1, 0.15) is 11.4 Å². The third-order valence-corrected chi connectivity index (χ3v) is 3.02. The molecule has 1 aromatic carbocycles. The molecule has 92 valence electrons. The van der Waals surface area contributed by atoms with Crippen molar-refractivity contribution in [3.8, 4) is 5.75 Å². The van der Waals surface area contributed by atoms with E-state index in [1.807, 2.05) is 19.1 Å². The summed E-state index contributed by atoms with van der Waals surface area (Å²) >= 11 is 0. The van der Waals surface area contributed by atoms with Crippen molar-refractivity contribution in [3.63, 3.8) is 0 Å². The maximum atomic E-state index is 5.53. The molecular formula is C13H18N2O2. The van der Waals surface area contributed by atoms with E-state index in [1.165, 1.54) is 5.56 Å². The van der Waals surface area contributed by atoms with Crippen LogP contribution in [0.1, 0.15) is 18.9 Å². The summed E-state index contributed by atoms with van der Waals surface area (Å²) in [5.41, 5.74) is 6.55. The minimum atomic E-state index is -0.246. The molecular weight excluding hydrogens is 216 g/mol. The van der Waals surface area contributed by atoms with E-state index < -0.39 is 0 Å².